The van der Waals surface area contributed by atoms with E-state index >= 15 is 0 Å². The maximum atomic E-state index is 11.5. The molecule has 1 N–H and O–H groups in total. The number of hydrogen-bond donors (Lipinski definition) is 1. The number of aromatic nitrogens is 3. The summed E-state index contributed by atoms with van der Waals surface area (Å²) in [6.45, 7) is 1.85. The number of benzene rings is 2. The first-order valence-corrected chi connectivity index (χ1v) is 9.72. The molecule has 0 fully saturated rings. The zero-order valence-corrected chi connectivity index (χ0v) is 17.4. The third kappa shape index (κ3) is 3.28. The molecule has 0 saturated heterocycles. The van der Waals surface area contributed by atoms with Gasteiger partial charge >= 0.3 is 5.97 Å². The van der Waals surface area contributed by atoms with Gasteiger partial charge in [-0.2, -0.15) is 0 Å². The molecule has 1 aliphatic heterocycles. The molecule has 1 aromatic heterocycles. The highest BCUT2D eigenvalue weighted by atomic mass is 127. The van der Waals surface area contributed by atoms with Crippen molar-refractivity contribution in [3.05, 3.63) is 68.8 Å². The number of hydrogen-bond acceptors (Lipinski definition) is 5. The summed E-state index contributed by atoms with van der Waals surface area (Å²) in [5, 5.41) is 17.8. The number of ether oxygens (including phenoxy) is 1. The van der Waals surface area contributed by atoms with Gasteiger partial charge in [-0.1, -0.05) is 12.1 Å². The van der Waals surface area contributed by atoms with Crippen molar-refractivity contribution >= 4 is 34.3 Å². The third-order valence-electron chi connectivity index (χ3n) is 4.62. The molecule has 142 valence electrons. The van der Waals surface area contributed by atoms with Crippen molar-refractivity contribution in [2.45, 2.75) is 19.4 Å². The van der Waals surface area contributed by atoms with E-state index in [1.165, 1.54) is 0 Å². The topological polar surface area (TPSA) is 89.6 Å². The second-order valence-electron chi connectivity index (χ2n) is 6.42. The summed E-state index contributed by atoms with van der Waals surface area (Å²) in [7, 11) is 1.61. The highest BCUT2D eigenvalue weighted by Gasteiger charge is 2.29. The first-order valence-electron chi connectivity index (χ1n) is 8.64. The molecule has 0 spiro atoms. The van der Waals surface area contributed by atoms with Crippen LogP contribution >= 0.6 is 22.6 Å². The van der Waals surface area contributed by atoms with Crippen LogP contribution in [-0.4, -0.2) is 38.7 Å². The van der Waals surface area contributed by atoms with Crippen molar-refractivity contribution in [1.29, 1.82) is 0 Å². The Labute approximate surface area is 175 Å². The predicted octanol–water partition coefficient (Wildman–Crippen LogP) is 3.56. The molecule has 28 heavy (non-hydrogen) atoms. The first kappa shape index (κ1) is 18.6. The van der Waals surface area contributed by atoms with Gasteiger partial charge in [0, 0.05) is 14.7 Å². The first-order chi connectivity index (χ1) is 13.5. The van der Waals surface area contributed by atoms with E-state index in [0.717, 1.165) is 20.4 Å². The van der Waals surface area contributed by atoms with E-state index in [-0.39, 0.29) is 6.42 Å². The van der Waals surface area contributed by atoms with E-state index in [4.69, 9.17) is 9.73 Å². The summed E-state index contributed by atoms with van der Waals surface area (Å²) in [5.74, 6) is 0.954. The van der Waals surface area contributed by atoms with Crippen LogP contribution in [0, 0.1) is 10.5 Å². The normalized spacial score (nSPS) is 15.2. The smallest absolute Gasteiger partial charge is 0.306 e. The number of aliphatic imine (C=N–C) groups is 1. The molecule has 0 saturated carbocycles. The fourth-order valence-electron chi connectivity index (χ4n) is 3.34. The van der Waals surface area contributed by atoms with Gasteiger partial charge in [0.25, 0.3) is 0 Å². The minimum atomic E-state index is -0.938. The molecule has 2 aromatic carbocycles. The molecule has 0 radical (unpaired) electrons. The van der Waals surface area contributed by atoms with E-state index in [1.807, 2.05) is 54.0 Å². The standard InChI is InChI=1S/C20H17IN4O3/c1-11-23-24-20-16(10-18(26)27)22-19(12-3-5-13(21)6-4-12)15-9-14(28-2)7-8-17(15)25(11)20/h3-9,16H,10H2,1-2H3,(H,26,27)/t16-/m0/s1. The highest BCUT2D eigenvalue weighted by molar-refractivity contribution is 14.1. The van der Waals surface area contributed by atoms with Crippen LogP contribution in [-0.2, 0) is 4.79 Å². The third-order valence-corrected chi connectivity index (χ3v) is 5.34. The Morgan fingerprint density at radius 3 is 2.64 bits per heavy atom. The molecule has 3 aromatic rings. The summed E-state index contributed by atoms with van der Waals surface area (Å²) in [6, 6.07) is 13.0. The lowest BCUT2D eigenvalue weighted by Crippen LogP contribution is -2.10. The number of nitrogens with zero attached hydrogens (tertiary/aromatic N) is 4. The monoisotopic (exact) mass is 488 g/mol. The van der Waals surface area contributed by atoms with Gasteiger partial charge in [-0.3, -0.25) is 14.4 Å². The van der Waals surface area contributed by atoms with Crippen LogP contribution in [0.4, 0.5) is 0 Å². The minimum absolute atomic E-state index is 0.170. The van der Waals surface area contributed by atoms with Crippen molar-refractivity contribution in [3.8, 4) is 11.4 Å². The number of fused-ring (bicyclic) bond motifs is 3. The van der Waals surface area contributed by atoms with Gasteiger partial charge in [0.2, 0.25) is 0 Å². The maximum absolute atomic E-state index is 11.5. The summed E-state index contributed by atoms with van der Waals surface area (Å²) in [6.07, 6.45) is -0.170. The van der Waals surface area contributed by atoms with Gasteiger partial charge in [-0.25, -0.2) is 0 Å². The van der Waals surface area contributed by atoms with Gasteiger partial charge in [0.15, 0.2) is 5.82 Å². The van der Waals surface area contributed by atoms with Crippen molar-refractivity contribution in [2.75, 3.05) is 7.11 Å². The molecular formula is C20H17IN4O3. The lowest BCUT2D eigenvalue weighted by molar-refractivity contribution is -0.137. The van der Waals surface area contributed by atoms with Crippen LogP contribution in [0.2, 0.25) is 0 Å². The minimum Gasteiger partial charge on any atom is -0.497 e. The Kier molecular flexibility index (Phi) is 4.88. The summed E-state index contributed by atoms with van der Waals surface area (Å²) < 4.78 is 8.41. The highest BCUT2D eigenvalue weighted by Crippen LogP contribution is 2.34. The van der Waals surface area contributed by atoms with Crippen molar-refractivity contribution in [3.63, 3.8) is 0 Å². The predicted molar refractivity (Wildman–Crippen MR) is 112 cm³/mol. The molecule has 1 aliphatic rings. The van der Waals surface area contributed by atoms with E-state index in [2.05, 4.69) is 32.8 Å². The molecule has 1 atom stereocenters. The summed E-state index contributed by atoms with van der Waals surface area (Å²) in [4.78, 5) is 16.4. The number of carboxylic acid groups (broad SMARTS) is 1. The van der Waals surface area contributed by atoms with Gasteiger partial charge in [0.1, 0.15) is 17.6 Å². The van der Waals surface area contributed by atoms with Gasteiger partial charge in [-0.05, 0) is 59.8 Å². The number of aryl methyl sites for hydroxylation is 1. The average Bonchev–Trinajstić information content (AvgIpc) is 3.00. The molecular weight excluding hydrogens is 471 g/mol. The number of rotatable bonds is 4. The molecule has 2 heterocycles. The lowest BCUT2D eigenvalue weighted by atomic mass is 10.00. The van der Waals surface area contributed by atoms with Crippen LogP contribution in [0.3, 0.4) is 0 Å². The fourth-order valence-corrected chi connectivity index (χ4v) is 3.70. The Bertz CT molecular complexity index is 1090. The molecule has 0 aliphatic carbocycles. The summed E-state index contributed by atoms with van der Waals surface area (Å²) in [5.41, 5.74) is 3.31. The number of aliphatic carboxylic acids is 1. The average molecular weight is 488 g/mol. The van der Waals surface area contributed by atoms with Crippen molar-refractivity contribution in [2.24, 2.45) is 4.99 Å². The van der Waals surface area contributed by atoms with Crippen LogP contribution in [0.5, 0.6) is 5.75 Å². The quantitative estimate of drug-likeness (QED) is 0.568. The zero-order chi connectivity index (χ0) is 19.8. The number of carboxylic acids is 1. The van der Waals surface area contributed by atoms with E-state index in [9.17, 15) is 9.90 Å². The van der Waals surface area contributed by atoms with E-state index < -0.39 is 12.0 Å². The van der Waals surface area contributed by atoms with Crippen LogP contribution < -0.4 is 4.74 Å². The molecule has 7 nitrogen and oxygen atoms in total. The van der Waals surface area contributed by atoms with Crippen molar-refractivity contribution < 1.29 is 14.6 Å². The van der Waals surface area contributed by atoms with E-state index in [1.54, 1.807) is 7.11 Å². The SMILES string of the molecule is COc1ccc2c(c1)C(c1ccc(I)cc1)=N[C@@H](CC(=O)O)c1nnc(C)n1-2. The molecule has 0 unspecified atom stereocenters. The number of halogens is 1. The Balaban J connectivity index is 2.02. The second-order valence-corrected chi connectivity index (χ2v) is 7.67. The molecule has 8 heteroatoms. The fraction of sp³-hybridized carbons (Fsp3) is 0.200. The largest absolute Gasteiger partial charge is 0.497 e. The van der Waals surface area contributed by atoms with Crippen LogP contribution in [0.15, 0.2) is 47.5 Å². The maximum Gasteiger partial charge on any atom is 0.306 e. The number of methoxy groups -OCH3 is 1. The summed E-state index contributed by atoms with van der Waals surface area (Å²) >= 11 is 2.25. The molecule has 0 bridgehead atoms. The van der Waals surface area contributed by atoms with E-state index in [0.29, 0.717) is 23.1 Å². The number of carbonyl (C=O) groups is 1. The van der Waals surface area contributed by atoms with Gasteiger partial charge in [-0.15, -0.1) is 10.2 Å². The van der Waals surface area contributed by atoms with Gasteiger partial charge < -0.3 is 9.84 Å². The zero-order valence-electron chi connectivity index (χ0n) is 15.3. The molecule has 0 amide bonds. The Hall–Kier alpha value is -2.75. The van der Waals surface area contributed by atoms with Gasteiger partial charge in [0.05, 0.1) is 24.9 Å². The lowest BCUT2D eigenvalue weighted by Gasteiger charge is -2.14. The second kappa shape index (κ2) is 7.34. The van der Waals surface area contributed by atoms with Crippen molar-refractivity contribution in [1.82, 2.24) is 14.8 Å². The van der Waals surface area contributed by atoms with Crippen LogP contribution in [0.1, 0.15) is 35.2 Å². The van der Waals surface area contributed by atoms with Crippen LogP contribution in [0.25, 0.3) is 5.69 Å². The molecule has 4 rings (SSSR count). The Morgan fingerprint density at radius 1 is 1.21 bits per heavy atom. The Morgan fingerprint density at radius 2 is 1.96 bits per heavy atom.